The van der Waals surface area contributed by atoms with Gasteiger partial charge in [0.15, 0.2) is 0 Å². The van der Waals surface area contributed by atoms with Gasteiger partial charge in [-0.1, -0.05) is 43.3 Å². The van der Waals surface area contributed by atoms with Crippen LogP contribution in [0.3, 0.4) is 0 Å². The second kappa shape index (κ2) is 9.23. The first-order valence-corrected chi connectivity index (χ1v) is 8.86. The lowest BCUT2D eigenvalue weighted by atomic mass is 10.0. The van der Waals surface area contributed by atoms with Crippen LogP contribution in [0.2, 0.25) is 0 Å². The van der Waals surface area contributed by atoms with Gasteiger partial charge in [-0.25, -0.2) is 4.79 Å². The molecule has 0 saturated heterocycles. The zero-order chi connectivity index (χ0) is 18.2. The molecule has 25 heavy (non-hydrogen) atoms. The Balaban J connectivity index is 1.94. The molecule has 0 aliphatic heterocycles. The van der Waals surface area contributed by atoms with Gasteiger partial charge in [-0.05, 0) is 62.3 Å². The molecule has 0 heterocycles. The van der Waals surface area contributed by atoms with Crippen LogP contribution in [0.4, 0.5) is 10.5 Å². The van der Waals surface area contributed by atoms with Gasteiger partial charge in [0.2, 0.25) is 0 Å². The zero-order valence-corrected chi connectivity index (χ0v) is 15.7. The van der Waals surface area contributed by atoms with Crippen molar-refractivity contribution in [1.82, 2.24) is 9.80 Å². The van der Waals surface area contributed by atoms with E-state index in [1.165, 1.54) is 11.1 Å². The highest BCUT2D eigenvalue weighted by Crippen LogP contribution is 2.22. The topological polar surface area (TPSA) is 35.6 Å². The van der Waals surface area contributed by atoms with Gasteiger partial charge in [0.1, 0.15) is 0 Å². The maximum atomic E-state index is 12.2. The summed E-state index contributed by atoms with van der Waals surface area (Å²) in [6.45, 7) is 3.88. The van der Waals surface area contributed by atoms with Crippen molar-refractivity contribution in [3.8, 4) is 11.1 Å². The molecule has 0 aliphatic carbocycles. The number of carbonyl (C=O) groups excluding carboxylic acids is 1. The SMILES string of the molecule is CCc1cccc(-c2ccc(NC(=O)N(C)CCCN(C)C)cc2)c1. The molecule has 4 nitrogen and oxygen atoms in total. The number of benzene rings is 2. The quantitative estimate of drug-likeness (QED) is 0.815. The van der Waals surface area contributed by atoms with E-state index < -0.39 is 0 Å². The number of hydrogen-bond acceptors (Lipinski definition) is 2. The zero-order valence-electron chi connectivity index (χ0n) is 15.7. The molecule has 2 aromatic rings. The Bertz CT molecular complexity index is 680. The maximum absolute atomic E-state index is 12.2. The minimum absolute atomic E-state index is 0.0699. The van der Waals surface area contributed by atoms with E-state index in [0.29, 0.717) is 0 Å². The number of hydrogen-bond donors (Lipinski definition) is 1. The van der Waals surface area contributed by atoms with Gasteiger partial charge in [0.05, 0.1) is 0 Å². The maximum Gasteiger partial charge on any atom is 0.321 e. The molecular weight excluding hydrogens is 310 g/mol. The van der Waals surface area contributed by atoms with Crippen molar-refractivity contribution in [3.63, 3.8) is 0 Å². The lowest BCUT2D eigenvalue weighted by molar-refractivity contribution is 0.220. The predicted octanol–water partition coefficient (Wildman–Crippen LogP) is 4.33. The number of amides is 2. The van der Waals surface area contributed by atoms with Crippen molar-refractivity contribution in [2.24, 2.45) is 0 Å². The Morgan fingerprint density at radius 1 is 0.960 bits per heavy atom. The van der Waals surface area contributed by atoms with Crippen LogP contribution in [0.15, 0.2) is 48.5 Å². The molecule has 0 aliphatic rings. The first-order valence-electron chi connectivity index (χ1n) is 8.86. The molecule has 0 bridgehead atoms. The molecule has 2 rings (SSSR count). The summed E-state index contributed by atoms with van der Waals surface area (Å²) in [6, 6.07) is 16.5. The normalized spacial score (nSPS) is 10.8. The van der Waals surface area contributed by atoms with Crippen molar-refractivity contribution >= 4 is 11.7 Å². The third-order valence-electron chi connectivity index (χ3n) is 4.25. The fourth-order valence-electron chi connectivity index (χ4n) is 2.66. The van der Waals surface area contributed by atoms with E-state index in [1.807, 2.05) is 33.3 Å². The van der Waals surface area contributed by atoms with Crippen LogP contribution in [-0.4, -0.2) is 50.1 Å². The summed E-state index contributed by atoms with van der Waals surface area (Å²) < 4.78 is 0. The van der Waals surface area contributed by atoms with Gasteiger partial charge < -0.3 is 15.1 Å². The van der Waals surface area contributed by atoms with Crippen LogP contribution in [0.1, 0.15) is 18.9 Å². The van der Waals surface area contributed by atoms with Crippen molar-refractivity contribution in [2.75, 3.05) is 39.5 Å². The molecule has 0 aromatic heterocycles. The molecule has 2 aromatic carbocycles. The van der Waals surface area contributed by atoms with Crippen molar-refractivity contribution in [3.05, 3.63) is 54.1 Å². The summed E-state index contributed by atoms with van der Waals surface area (Å²) >= 11 is 0. The molecule has 2 amide bonds. The average molecular weight is 339 g/mol. The number of urea groups is 1. The summed E-state index contributed by atoms with van der Waals surface area (Å²) in [5.41, 5.74) is 4.51. The molecule has 0 radical (unpaired) electrons. The van der Waals surface area contributed by atoms with Crippen molar-refractivity contribution in [1.29, 1.82) is 0 Å². The number of rotatable bonds is 7. The smallest absolute Gasteiger partial charge is 0.321 e. The molecule has 1 N–H and O–H groups in total. The number of carbonyl (C=O) groups is 1. The van der Waals surface area contributed by atoms with Gasteiger partial charge in [-0.15, -0.1) is 0 Å². The summed E-state index contributed by atoms with van der Waals surface area (Å²) in [5.74, 6) is 0. The summed E-state index contributed by atoms with van der Waals surface area (Å²) in [7, 11) is 5.91. The van der Waals surface area contributed by atoms with E-state index in [4.69, 9.17) is 0 Å². The highest BCUT2D eigenvalue weighted by molar-refractivity contribution is 5.89. The van der Waals surface area contributed by atoms with Crippen molar-refractivity contribution in [2.45, 2.75) is 19.8 Å². The molecule has 0 atom stereocenters. The summed E-state index contributed by atoms with van der Waals surface area (Å²) in [4.78, 5) is 16.1. The lowest BCUT2D eigenvalue weighted by Gasteiger charge is -2.19. The van der Waals surface area contributed by atoms with E-state index >= 15 is 0 Å². The van der Waals surface area contributed by atoms with Gasteiger partial charge in [0.25, 0.3) is 0 Å². The van der Waals surface area contributed by atoms with E-state index in [0.717, 1.165) is 37.2 Å². The lowest BCUT2D eigenvalue weighted by Crippen LogP contribution is -2.33. The Hall–Kier alpha value is -2.33. The highest BCUT2D eigenvalue weighted by Gasteiger charge is 2.08. The molecule has 0 unspecified atom stereocenters. The number of nitrogens with zero attached hydrogens (tertiary/aromatic N) is 2. The second-order valence-electron chi connectivity index (χ2n) is 6.64. The van der Waals surface area contributed by atoms with Gasteiger partial charge >= 0.3 is 6.03 Å². The second-order valence-corrected chi connectivity index (χ2v) is 6.64. The largest absolute Gasteiger partial charge is 0.328 e. The number of aryl methyl sites for hydroxylation is 1. The Kier molecular flexibility index (Phi) is 7.02. The van der Waals surface area contributed by atoms with Gasteiger partial charge in [0, 0.05) is 19.3 Å². The Labute approximate surface area is 151 Å². The van der Waals surface area contributed by atoms with Gasteiger partial charge in [-0.3, -0.25) is 0 Å². The number of anilines is 1. The van der Waals surface area contributed by atoms with Gasteiger partial charge in [-0.2, -0.15) is 0 Å². The fraction of sp³-hybridized carbons (Fsp3) is 0.381. The standard InChI is InChI=1S/C21H29N3O/c1-5-17-8-6-9-19(16-17)18-10-12-20(13-11-18)22-21(25)24(4)15-7-14-23(2)3/h6,8-13,16H,5,7,14-15H2,1-4H3,(H,22,25). The summed E-state index contributed by atoms with van der Waals surface area (Å²) in [5, 5.41) is 2.95. The Morgan fingerprint density at radius 3 is 2.32 bits per heavy atom. The first kappa shape index (κ1) is 19.0. The van der Waals surface area contributed by atoms with E-state index in [9.17, 15) is 4.79 Å². The van der Waals surface area contributed by atoms with Crippen LogP contribution >= 0.6 is 0 Å². The van der Waals surface area contributed by atoms with Crippen LogP contribution in [0, 0.1) is 0 Å². The van der Waals surface area contributed by atoms with Crippen LogP contribution < -0.4 is 5.32 Å². The third-order valence-corrected chi connectivity index (χ3v) is 4.25. The minimum Gasteiger partial charge on any atom is -0.328 e. The fourth-order valence-corrected chi connectivity index (χ4v) is 2.66. The van der Waals surface area contributed by atoms with Crippen LogP contribution in [0.25, 0.3) is 11.1 Å². The minimum atomic E-state index is -0.0699. The predicted molar refractivity (Wildman–Crippen MR) is 106 cm³/mol. The summed E-state index contributed by atoms with van der Waals surface area (Å²) in [6.07, 6.45) is 1.99. The first-order chi connectivity index (χ1) is 12.0. The van der Waals surface area contributed by atoms with E-state index in [2.05, 4.69) is 53.5 Å². The Morgan fingerprint density at radius 2 is 1.68 bits per heavy atom. The van der Waals surface area contributed by atoms with Crippen molar-refractivity contribution < 1.29 is 4.79 Å². The molecule has 4 heteroatoms. The highest BCUT2D eigenvalue weighted by atomic mass is 16.2. The van der Waals surface area contributed by atoms with Crippen LogP contribution in [0.5, 0.6) is 0 Å². The van der Waals surface area contributed by atoms with E-state index in [1.54, 1.807) is 4.90 Å². The number of nitrogens with one attached hydrogen (secondary N) is 1. The molecule has 0 fully saturated rings. The molecule has 134 valence electrons. The average Bonchev–Trinajstić information content (AvgIpc) is 2.62. The van der Waals surface area contributed by atoms with E-state index in [-0.39, 0.29) is 6.03 Å². The molecule has 0 saturated carbocycles. The molecule has 0 spiro atoms. The monoisotopic (exact) mass is 339 g/mol. The molecular formula is C21H29N3O. The third kappa shape index (κ3) is 5.91. The van der Waals surface area contributed by atoms with Crippen LogP contribution in [-0.2, 0) is 6.42 Å².